The van der Waals surface area contributed by atoms with Gasteiger partial charge in [0, 0.05) is 0 Å². The summed E-state index contributed by atoms with van der Waals surface area (Å²) in [5, 5.41) is 1.22. The predicted molar refractivity (Wildman–Crippen MR) is 69.8 cm³/mol. The smallest absolute Gasteiger partial charge is 0.162 e. The molecule has 3 heterocycles. The molecule has 2 aromatic heterocycles. The van der Waals surface area contributed by atoms with Gasteiger partial charge < -0.3 is 9.30 Å². The monoisotopic (exact) mass is 315 g/mol. The first-order chi connectivity index (χ1) is 8.20. The first kappa shape index (κ1) is 11.4. The summed E-state index contributed by atoms with van der Waals surface area (Å²) in [6, 6.07) is 2.18. The Morgan fingerprint density at radius 2 is 2.29 bits per heavy atom. The highest BCUT2D eigenvalue weighted by atomic mass is 79.9. The Balaban J connectivity index is 2.28. The van der Waals surface area contributed by atoms with Crippen molar-refractivity contribution in [1.29, 1.82) is 0 Å². The number of hydrogen-bond acceptors (Lipinski definition) is 3. The molecule has 6 heteroatoms. The Hall–Kier alpha value is -0.650. The molecule has 2 aromatic rings. The minimum Gasteiger partial charge on any atom is -0.377 e. The van der Waals surface area contributed by atoms with E-state index < -0.39 is 0 Å². The number of imidazole rings is 1. The zero-order valence-electron chi connectivity index (χ0n) is 9.28. The summed E-state index contributed by atoms with van der Waals surface area (Å²) in [6.45, 7) is 3.44. The number of aromatic nitrogens is 3. The van der Waals surface area contributed by atoms with E-state index in [9.17, 15) is 0 Å². The van der Waals surface area contributed by atoms with Crippen LogP contribution < -0.4 is 0 Å². The van der Waals surface area contributed by atoms with Crippen molar-refractivity contribution in [2.75, 3.05) is 13.2 Å². The number of alkyl halides is 1. The van der Waals surface area contributed by atoms with Crippen molar-refractivity contribution in [1.82, 2.24) is 14.5 Å². The molecule has 0 N–H and O–H groups in total. The van der Waals surface area contributed by atoms with E-state index in [1.807, 2.05) is 13.0 Å². The van der Waals surface area contributed by atoms with Crippen molar-refractivity contribution in [3.8, 4) is 0 Å². The van der Waals surface area contributed by atoms with Crippen molar-refractivity contribution in [2.45, 2.75) is 18.3 Å². The molecule has 0 atom stereocenters. The van der Waals surface area contributed by atoms with Crippen molar-refractivity contribution in [3.05, 3.63) is 22.6 Å². The molecule has 1 aliphatic heterocycles. The summed E-state index contributed by atoms with van der Waals surface area (Å²) in [5.74, 6) is 0.978. The summed E-state index contributed by atoms with van der Waals surface area (Å²) < 4.78 is 7.37. The molecule has 1 saturated heterocycles. The standard InChI is InChI=1S/C11H11BrClN3O/c1-6-2-8(13)14-11-10(6)15-9(3-12)16(11)7-4-17-5-7/h2,7H,3-5H2,1H3. The molecule has 1 fully saturated rings. The third-order valence-electron chi connectivity index (χ3n) is 2.99. The molecule has 3 rings (SSSR count). The average molecular weight is 317 g/mol. The molecular formula is C11H11BrClN3O. The molecule has 4 nitrogen and oxygen atoms in total. The van der Waals surface area contributed by atoms with Crippen LogP contribution in [0.4, 0.5) is 0 Å². The summed E-state index contributed by atoms with van der Waals surface area (Å²) in [7, 11) is 0. The predicted octanol–water partition coefficient (Wildman–Crippen LogP) is 2.86. The van der Waals surface area contributed by atoms with E-state index in [2.05, 4.69) is 30.5 Å². The molecule has 0 unspecified atom stereocenters. The maximum absolute atomic E-state index is 6.02. The van der Waals surface area contributed by atoms with Crippen LogP contribution in [0.2, 0.25) is 5.15 Å². The topological polar surface area (TPSA) is 39.9 Å². The second-order valence-corrected chi connectivity index (χ2v) is 5.11. The normalized spacial score (nSPS) is 16.4. The van der Waals surface area contributed by atoms with Crippen LogP contribution in [0.25, 0.3) is 11.2 Å². The van der Waals surface area contributed by atoms with Gasteiger partial charge in [-0.1, -0.05) is 27.5 Å². The summed E-state index contributed by atoms with van der Waals surface area (Å²) in [5.41, 5.74) is 2.84. The Labute approximate surface area is 112 Å². The van der Waals surface area contributed by atoms with Crippen LogP contribution in [0.3, 0.4) is 0 Å². The van der Waals surface area contributed by atoms with Crippen LogP contribution in [0.1, 0.15) is 17.4 Å². The summed E-state index contributed by atoms with van der Waals surface area (Å²) in [4.78, 5) is 9.01. The fraction of sp³-hybridized carbons (Fsp3) is 0.455. The van der Waals surface area contributed by atoms with Gasteiger partial charge in [-0.2, -0.15) is 0 Å². The quantitative estimate of drug-likeness (QED) is 0.632. The molecule has 0 spiro atoms. The van der Waals surface area contributed by atoms with Crippen molar-refractivity contribution in [2.24, 2.45) is 0 Å². The fourth-order valence-electron chi connectivity index (χ4n) is 2.07. The van der Waals surface area contributed by atoms with Crippen molar-refractivity contribution >= 4 is 38.7 Å². The lowest BCUT2D eigenvalue weighted by molar-refractivity contribution is -0.0226. The number of ether oxygens (including phenoxy) is 1. The fourth-order valence-corrected chi connectivity index (χ4v) is 2.71. The van der Waals surface area contributed by atoms with Gasteiger partial charge in [0.25, 0.3) is 0 Å². The van der Waals surface area contributed by atoms with Gasteiger partial charge in [0.05, 0.1) is 24.6 Å². The highest BCUT2D eigenvalue weighted by Crippen LogP contribution is 2.28. The van der Waals surface area contributed by atoms with E-state index in [4.69, 9.17) is 16.3 Å². The third-order valence-corrected chi connectivity index (χ3v) is 3.68. The van der Waals surface area contributed by atoms with Gasteiger partial charge >= 0.3 is 0 Å². The summed E-state index contributed by atoms with van der Waals surface area (Å²) >= 11 is 9.49. The van der Waals surface area contributed by atoms with Gasteiger partial charge in [-0.05, 0) is 18.6 Å². The van der Waals surface area contributed by atoms with Crippen LogP contribution in [-0.4, -0.2) is 27.7 Å². The lowest BCUT2D eigenvalue weighted by atomic mass is 10.2. The van der Waals surface area contributed by atoms with Crippen LogP contribution in [-0.2, 0) is 10.1 Å². The minimum absolute atomic E-state index is 0.331. The summed E-state index contributed by atoms with van der Waals surface area (Å²) in [6.07, 6.45) is 0. The van der Waals surface area contributed by atoms with Gasteiger partial charge in [-0.25, -0.2) is 9.97 Å². The zero-order chi connectivity index (χ0) is 12.0. The van der Waals surface area contributed by atoms with Crippen LogP contribution in [0.15, 0.2) is 6.07 Å². The van der Waals surface area contributed by atoms with Gasteiger partial charge in [0.15, 0.2) is 5.65 Å². The van der Waals surface area contributed by atoms with Crippen LogP contribution >= 0.6 is 27.5 Å². The van der Waals surface area contributed by atoms with E-state index >= 15 is 0 Å². The Morgan fingerprint density at radius 3 is 2.88 bits per heavy atom. The third kappa shape index (κ3) is 1.77. The van der Waals surface area contributed by atoms with Crippen molar-refractivity contribution in [3.63, 3.8) is 0 Å². The number of nitrogens with zero attached hydrogens (tertiary/aromatic N) is 3. The van der Waals surface area contributed by atoms with Crippen LogP contribution in [0, 0.1) is 6.92 Å². The van der Waals surface area contributed by atoms with E-state index in [0.29, 0.717) is 16.5 Å². The lowest BCUT2D eigenvalue weighted by Gasteiger charge is -2.28. The van der Waals surface area contributed by atoms with Gasteiger partial charge in [0.1, 0.15) is 16.5 Å². The molecule has 0 saturated carbocycles. The number of hydrogen-bond donors (Lipinski definition) is 0. The van der Waals surface area contributed by atoms with E-state index in [0.717, 1.165) is 35.8 Å². The maximum atomic E-state index is 6.02. The van der Waals surface area contributed by atoms with E-state index in [1.54, 1.807) is 0 Å². The van der Waals surface area contributed by atoms with Crippen molar-refractivity contribution < 1.29 is 4.74 Å². The molecule has 0 radical (unpaired) electrons. The lowest BCUT2D eigenvalue weighted by Crippen LogP contribution is -2.31. The second kappa shape index (κ2) is 4.23. The number of halogens is 2. The molecule has 0 amide bonds. The van der Waals surface area contributed by atoms with Gasteiger partial charge in [-0.15, -0.1) is 0 Å². The maximum Gasteiger partial charge on any atom is 0.162 e. The largest absolute Gasteiger partial charge is 0.377 e. The van der Waals surface area contributed by atoms with E-state index in [1.165, 1.54) is 0 Å². The Bertz CT molecular complexity index is 580. The molecule has 0 aromatic carbocycles. The molecular weight excluding hydrogens is 305 g/mol. The van der Waals surface area contributed by atoms with E-state index in [-0.39, 0.29) is 0 Å². The first-order valence-corrected chi connectivity index (χ1v) is 6.88. The van der Waals surface area contributed by atoms with Crippen LogP contribution in [0.5, 0.6) is 0 Å². The van der Waals surface area contributed by atoms with Gasteiger partial charge in [-0.3, -0.25) is 0 Å². The number of rotatable bonds is 2. The molecule has 0 aliphatic carbocycles. The highest BCUT2D eigenvalue weighted by molar-refractivity contribution is 9.08. The molecule has 0 bridgehead atoms. The SMILES string of the molecule is Cc1cc(Cl)nc2c1nc(CBr)n2C1COC1. The molecule has 90 valence electrons. The first-order valence-electron chi connectivity index (χ1n) is 5.38. The molecule has 17 heavy (non-hydrogen) atoms. The van der Waals surface area contributed by atoms with Gasteiger partial charge in [0.2, 0.25) is 0 Å². The minimum atomic E-state index is 0.331. The average Bonchev–Trinajstić information content (AvgIpc) is 2.55. The number of fused-ring (bicyclic) bond motifs is 1. The second-order valence-electron chi connectivity index (χ2n) is 4.16. The zero-order valence-corrected chi connectivity index (χ0v) is 11.6. The number of pyridine rings is 1. The Morgan fingerprint density at radius 1 is 1.53 bits per heavy atom. The number of aryl methyl sites for hydroxylation is 1. The Kier molecular flexibility index (Phi) is 2.84. The molecule has 1 aliphatic rings. The highest BCUT2D eigenvalue weighted by Gasteiger charge is 2.26.